The lowest BCUT2D eigenvalue weighted by Crippen LogP contribution is -2.04. The standard InChI is InChI=1S/C11H12N4/c12-6-9-7-13-8-14-11(9)15-10-4-2-1-3-5-10/h1-5,7-8H,6,12H2,(H,13,14,15). The molecule has 0 atom stereocenters. The summed E-state index contributed by atoms with van der Waals surface area (Å²) < 4.78 is 0. The van der Waals surface area contributed by atoms with Crippen molar-refractivity contribution in [2.75, 3.05) is 5.32 Å². The van der Waals surface area contributed by atoms with Crippen LogP contribution in [0.2, 0.25) is 0 Å². The molecule has 0 radical (unpaired) electrons. The first-order valence-corrected chi connectivity index (χ1v) is 4.71. The van der Waals surface area contributed by atoms with Crippen LogP contribution in [0.5, 0.6) is 0 Å². The summed E-state index contributed by atoms with van der Waals surface area (Å²) in [6.07, 6.45) is 3.22. The van der Waals surface area contributed by atoms with E-state index in [0.717, 1.165) is 17.1 Å². The van der Waals surface area contributed by atoms with Gasteiger partial charge < -0.3 is 11.1 Å². The molecule has 0 saturated carbocycles. The Morgan fingerprint density at radius 2 is 2.00 bits per heavy atom. The van der Waals surface area contributed by atoms with Crippen molar-refractivity contribution in [1.82, 2.24) is 9.97 Å². The smallest absolute Gasteiger partial charge is 0.138 e. The van der Waals surface area contributed by atoms with Crippen LogP contribution in [-0.2, 0) is 6.54 Å². The molecule has 0 aliphatic heterocycles. The molecule has 4 heteroatoms. The van der Waals surface area contributed by atoms with Crippen LogP contribution >= 0.6 is 0 Å². The van der Waals surface area contributed by atoms with Gasteiger partial charge in [0.25, 0.3) is 0 Å². The van der Waals surface area contributed by atoms with E-state index in [1.54, 1.807) is 6.20 Å². The van der Waals surface area contributed by atoms with Crippen molar-refractivity contribution in [3.8, 4) is 0 Å². The Balaban J connectivity index is 2.24. The number of nitrogens with two attached hydrogens (primary N) is 1. The largest absolute Gasteiger partial charge is 0.340 e. The van der Waals surface area contributed by atoms with Gasteiger partial charge >= 0.3 is 0 Å². The van der Waals surface area contributed by atoms with Gasteiger partial charge in [-0.1, -0.05) is 18.2 Å². The van der Waals surface area contributed by atoms with Gasteiger partial charge in [0, 0.05) is 24.0 Å². The number of aromatic nitrogens is 2. The van der Waals surface area contributed by atoms with E-state index in [1.165, 1.54) is 6.33 Å². The molecule has 1 heterocycles. The molecular weight excluding hydrogens is 188 g/mol. The zero-order valence-corrected chi connectivity index (χ0v) is 8.22. The molecule has 3 N–H and O–H groups in total. The molecule has 0 aliphatic carbocycles. The summed E-state index contributed by atoms with van der Waals surface area (Å²) in [6.45, 7) is 0.427. The molecule has 0 saturated heterocycles. The summed E-state index contributed by atoms with van der Waals surface area (Å²) in [5.41, 5.74) is 7.48. The summed E-state index contributed by atoms with van der Waals surface area (Å²) in [5, 5.41) is 3.19. The molecular formula is C11H12N4. The number of anilines is 2. The molecule has 1 aromatic carbocycles. The maximum Gasteiger partial charge on any atom is 0.138 e. The SMILES string of the molecule is NCc1cncnc1Nc1ccccc1. The van der Waals surface area contributed by atoms with E-state index < -0.39 is 0 Å². The number of para-hydroxylation sites is 1. The quantitative estimate of drug-likeness (QED) is 0.791. The van der Waals surface area contributed by atoms with E-state index >= 15 is 0 Å². The van der Waals surface area contributed by atoms with Gasteiger partial charge in [-0.15, -0.1) is 0 Å². The van der Waals surface area contributed by atoms with Gasteiger partial charge in [0.1, 0.15) is 12.1 Å². The van der Waals surface area contributed by atoms with Crippen molar-refractivity contribution in [2.24, 2.45) is 5.73 Å². The van der Waals surface area contributed by atoms with E-state index in [9.17, 15) is 0 Å². The van der Waals surface area contributed by atoms with Crippen molar-refractivity contribution < 1.29 is 0 Å². The Morgan fingerprint density at radius 3 is 2.73 bits per heavy atom. The number of benzene rings is 1. The van der Waals surface area contributed by atoms with Gasteiger partial charge in [0.05, 0.1) is 0 Å². The van der Waals surface area contributed by atoms with Crippen LogP contribution in [0.25, 0.3) is 0 Å². The minimum absolute atomic E-state index is 0.427. The van der Waals surface area contributed by atoms with Gasteiger partial charge in [-0.3, -0.25) is 0 Å². The molecule has 0 aliphatic rings. The molecule has 2 aromatic rings. The minimum atomic E-state index is 0.427. The maximum absolute atomic E-state index is 5.58. The average Bonchev–Trinajstić information content (AvgIpc) is 2.31. The zero-order chi connectivity index (χ0) is 10.5. The minimum Gasteiger partial charge on any atom is -0.340 e. The monoisotopic (exact) mass is 200 g/mol. The van der Waals surface area contributed by atoms with Crippen molar-refractivity contribution in [2.45, 2.75) is 6.54 Å². The zero-order valence-electron chi connectivity index (χ0n) is 8.22. The van der Waals surface area contributed by atoms with Crippen molar-refractivity contribution >= 4 is 11.5 Å². The second-order valence-corrected chi connectivity index (χ2v) is 3.09. The Bertz CT molecular complexity index is 428. The normalized spacial score (nSPS) is 9.93. The third-order valence-corrected chi connectivity index (χ3v) is 2.04. The predicted octanol–water partition coefficient (Wildman–Crippen LogP) is 1.68. The van der Waals surface area contributed by atoms with E-state index in [-0.39, 0.29) is 0 Å². The lowest BCUT2D eigenvalue weighted by Gasteiger charge is -2.08. The van der Waals surface area contributed by atoms with E-state index in [0.29, 0.717) is 6.54 Å². The number of nitrogens with one attached hydrogen (secondary N) is 1. The van der Waals surface area contributed by atoms with Crippen molar-refractivity contribution in [1.29, 1.82) is 0 Å². The molecule has 0 spiro atoms. The first-order chi connectivity index (χ1) is 7.40. The lowest BCUT2D eigenvalue weighted by molar-refractivity contribution is 1.01. The molecule has 0 bridgehead atoms. The highest BCUT2D eigenvalue weighted by atomic mass is 15.0. The third kappa shape index (κ3) is 2.30. The molecule has 76 valence electrons. The topological polar surface area (TPSA) is 63.8 Å². The van der Waals surface area contributed by atoms with Crippen LogP contribution in [0.15, 0.2) is 42.9 Å². The second-order valence-electron chi connectivity index (χ2n) is 3.09. The number of rotatable bonds is 3. The van der Waals surface area contributed by atoms with E-state index in [2.05, 4.69) is 15.3 Å². The molecule has 1 aromatic heterocycles. The van der Waals surface area contributed by atoms with Crippen molar-refractivity contribution in [3.63, 3.8) is 0 Å². The van der Waals surface area contributed by atoms with Gasteiger partial charge in [0.15, 0.2) is 0 Å². The first kappa shape index (κ1) is 9.61. The Kier molecular flexibility index (Phi) is 2.90. The highest BCUT2D eigenvalue weighted by Crippen LogP contribution is 2.16. The number of hydrogen-bond donors (Lipinski definition) is 2. The fraction of sp³-hybridized carbons (Fsp3) is 0.0909. The molecule has 0 amide bonds. The molecule has 2 rings (SSSR count). The summed E-state index contributed by atoms with van der Waals surface area (Å²) in [5.74, 6) is 0.763. The van der Waals surface area contributed by atoms with Gasteiger partial charge in [-0.2, -0.15) is 0 Å². The van der Waals surface area contributed by atoms with E-state index in [4.69, 9.17) is 5.73 Å². The van der Waals surface area contributed by atoms with Crippen LogP contribution in [-0.4, -0.2) is 9.97 Å². The van der Waals surface area contributed by atoms with Crippen LogP contribution in [0.4, 0.5) is 11.5 Å². The Labute approximate surface area is 88.2 Å². The van der Waals surface area contributed by atoms with E-state index in [1.807, 2.05) is 30.3 Å². The summed E-state index contributed by atoms with van der Waals surface area (Å²) in [4.78, 5) is 8.07. The van der Waals surface area contributed by atoms with Gasteiger partial charge in [-0.25, -0.2) is 9.97 Å². The lowest BCUT2D eigenvalue weighted by atomic mass is 10.3. The third-order valence-electron chi connectivity index (χ3n) is 2.04. The van der Waals surface area contributed by atoms with Crippen LogP contribution in [0.3, 0.4) is 0 Å². The maximum atomic E-state index is 5.58. The van der Waals surface area contributed by atoms with Crippen molar-refractivity contribution in [3.05, 3.63) is 48.4 Å². The molecule has 0 unspecified atom stereocenters. The summed E-state index contributed by atoms with van der Waals surface area (Å²) in [6, 6.07) is 9.84. The Hall–Kier alpha value is -1.94. The second kappa shape index (κ2) is 4.52. The summed E-state index contributed by atoms with van der Waals surface area (Å²) >= 11 is 0. The fourth-order valence-electron chi connectivity index (χ4n) is 1.28. The van der Waals surface area contributed by atoms with Crippen LogP contribution in [0, 0.1) is 0 Å². The first-order valence-electron chi connectivity index (χ1n) is 4.71. The highest BCUT2D eigenvalue weighted by molar-refractivity contribution is 5.58. The fourth-order valence-corrected chi connectivity index (χ4v) is 1.28. The number of hydrogen-bond acceptors (Lipinski definition) is 4. The molecule has 15 heavy (non-hydrogen) atoms. The Morgan fingerprint density at radius 1 is 1.20 bits per heavy atom. The summed E-state index contributed by atoms with van der Waals surface area (Å²) in [7, 11) is 0. The highest BCUT2D eigenvalue weighted by Gasteiger charge is 2.01. The van der Waals surface area contributed by atoms with Gasteiger partial charge in [-0.05, 0) is 12.1 Å². The van der Waals surface area contributed by atoms with Crippen LogP contribution < -0.4 is 11.1 Å². The molecule has 4 nitrogen and oxygen atoms in total. The van der Waals surface area contributed by atoms with Gasteiger partial charge in [0.2, 0.25) is 0 Å². The average molecular weight is 200 g/mol. The number of nitrogens with zero attached hydrogens (tertiary/aromatic N) is 2. The molecule has 0 fully saturated rings. The predicted molar refractivity (Wildman–Crippen MR) is 59.6 cm³/mol. The van der Waals surface area contributed by atoms with Crippen LogP contribution in [0.1, 0.15) is 5.56 Å².